The molecule has 0 N–H and O–H groups in total. The van der Waals surface area contributed by atoms with Gasteiger partial charge >= 0.3 is 6.18 Å². The van der Waals surface area contributed by atoms with Crippen LogP contribution in [0.5, 0.6) is 0 Å². The highest BCUT2D eigenvalue weighted by atomic mass is 35.5. The van der Waals surface area contributed by atoms with Crippen LogP contribution < -0.4 is 0 Å². The standard InChI is InChI=1S/C13H3ClF8/c14-5-3-1-2-4(13(20,21)22)6(5)7-8(15)10(17)12(19)11(18)9(7)16/h1-3H. The summed E-state index contributed by atoms with van der Waals surface area (Å²) in [5.41, 5.74) is -4.66. The first-order chi connectivity index (χ1) is 10.1. The molecule has 0 aromatic heterocycles. The molecule has 0 atom stereocenters. The first-order valence-electron chi connectivity index (χ1n) is 5.44. The molecule has 0 aliphatic carbocycles. The molecule has 0 heterocycles. The van der Waals surface area contributed by atoms with Crippen LogP contribution in [0.25, 0.3) is 11.1 Å². The monoisotopic (exact) mass is 346 g/mol. The molecular formula is C13H3ClF8. The summed E-state index contributed by atoms with van der Waals surface area (Å²) in [6.07, 6.45) is -5.11. The highest BCUT2D eigenvalue weighted by Crippen LogP contribution is 2.43. The van der Waals surface area contributed by atoms with Gasteiger partial charge in [-0.2, -0.15) is 13.2 Å². The van der Waals surface area contributed by atoms with Crippen molar-refractivity contribution in [1.29, 1.82) is 0 Å². The van der Waals surface area contributed by atoms with E-state index in [2.05, 4.69) is 0 Å². The second-order valence-electron chi connectivity index (χ2n) is 4.11. The van der Waals surface area contributed by atoms with Gasteiger partial charge in [0.15, 0.2) is 23.3 Å². The average molecular weight is 347 g/mol. The third-order valence-corrected chi connectivity index (χ3v) is 3.09. The fourth-order valence-corrected chi connectivity index (χ4v) is 2.11. The Kier molecular flexibility index (Phi) is 4.08. The van der Waals surface area contributed by atoms with Crippen molar-refractivity contribution in [2.24, 2.45) is 0 Å². The fourth-order valence-electron chi connectivity index (χ4n) is 1.84. The molecule has 0 nitrogen and oxygen atoms in total. The topological polar surface area (TPSA) is 0 Å². The quantitative estimate of drug-likeness (QED) is 0.352. The average Bonchev–Trinajstić information content (AvgIpc) is 2.43. The number of alkyl halides is 3. The van der Waals surface area contributed by atoms with Gasteiger partial charge in [-0.15, -0.1) is 0 Å². The van der Waals surface area contributed by atoms with Gasteiger partial charge in [0, 0.05) is 10.6 Å². The second-order valence-corrected chi connectivity index (χ2v) is 4.51. The van der Waals surface area contributed by atoms with Crippen LogP contribution in [0.2, 0.25) is 5.02 Å². The molecule has 118 valence electrons. The molecular weight excluding hydrogens is 344 g/mol. The van der Waals surface area contributed by atoms with Crippen LogP contribution in [0.1, 0.15) is 5.56 Å². The summed E-state index contributed by atoms with van der Waals surface area (Å²) in [5, 5.41) is -0.807. The molecule has 0 radical (unpaired) electrons. The lowest BCUT2D eigenvalue weighted by Gasteiger charge is -2.16. The highest BCUT2D eigenvalue weighted by Gasteiger charge is 2.38. The Morgan fingerprint density at radius 3 is 1.59 bits per heavy atom. The van der Waals surface area contributed by atoms with Gasteiger partial charge in [-0.05, 0) is 12.1 Å². The minimum Gasteiger partial charge on any atom is -0.203 e. The van der Waals surface area contributed by atoms with Crippen molar-refractivity contribution in [2.75, 3.05) is 0 Å². The predicted molar refractivity (Wildman–Crippen MR) is 61.7 cm³/mol. The maximum atomic E-state index is 13.7. The van der Waals surface area contributed by atoms with Crippen molar-refractivity contribution in [3.05, 3.63) is 57.9 Å². The van der Waals surface area contributed by atoms with Gasteiger partial charge in [-0.1, -0.05) is 17.7 Å². The van der Waals surface area contributed by atoms with Crippen molar-refractivity contribution in [1.82, 2.24) is 0 Å². The molecule has 0 saturated heterocycles. The van der Waals surface area contributed by atoms with Crippen LogP contribution in [-0.4, -0.2) is 0 Å². The third-order valence-electron chi connectivity index (χ3n) is 2.78. The number of halogens is 9. The van der Waals surface area contributed by atoms with Gasteiger partial charge in [-0.3, -0.25) is 0 Å². The first-order valence-corrected chi connectivity index (χ1v) is 5.82. The lowest BCUT2D eigenvalue weighted by atomic mass is 9.97. The van der Waals surface area contributed by atoms with E-state index < -0.39 is 57.0 Å². The van der Waals surface area contributed by atoms with Crippen molar-refractivity contribution < 1.29 is 35.1 Å². The highest BCUT2D eigenvalue weighted by molar-refractivity contribution is 6.33. The molecule has 0 bridgehead atoms. The lowest BCUT2D eigenvalue weighted by Crippen LogP contribution is -2.11. The number of hydrogen-bond donors (Lipinski definition) is 0. The lowest BCUT2D eigenvalue weighted by molar-refractivity contribution is -0.137. The summed E-state index contributed by atoms with van der Waals surface area (Å²) in [4.78, 5) is 0. The summed E-state index contributed by atoms with van der Waals surface area (Å²) < 4.78 is 105. The van der Waals surface area contributed by atoms with Gasteiger partial charge in [0.2, 0.25) is 5.82 Å². The number of hydrogen-bond acceptors (Lipinski definition) is 0. The third kappa shape index (κ3) is 2.51. The van der Waals surface area contributed by atoms with Crippen LogP contribution in [0.3, 0.4) is 0 Å². The Morgan fingerprint density at radius 2 is 1.14 bits per heavy atom. The van der Waals surface area contributed by atoms with Crippen molar-refractivity contribution in [3.8, 4) is 11.1 Å². The van der Waals surface area contributed by atoms with E-state index in [4.69, 9.17) is 11.6 Å². The van der Waals surface area contributed by atoms with Crippen molar-refractivity contribution in [3.63, 3.8) is 0 Å². The maximum absolute atomic E-state index is 13.7. The van der Waals surface area contributed by atoms with Crippen LogP contribution in [0.15, 0.2) is 18.2 Å². The summed E-state index contributed by atoms with van der Waals surface area (Å²) in [6.45, 7) is 0. The van der Waals surface area contributed by atoms with E-state index in [9.17, 15) is 35.1 Å². The first kappa shape index (κ1) is 16.5. The van der Waals surface area contributed by atoms with E-state index in [0.717, 1.165) is 12.1 Å². The smallest absolute Gasteiger partial charge is 0.203 e. The Labute approximate surface area is 122 Å². The molecule has 0 amide bonds. The van der Waals surface area contributed by atoms with Crippen LogP contribution >= 0.6 is 11.6 Å². The number of benzene rings is 2. The van der Waals surface area contributed by atoms with Crippen LogP contribution in [0.4, 0.5) is 35.1 Å². The molecule has 0 fully saturated rings. The molecule has 2 aromatic rings. The molecule has 0 saturated carbocycles. The van der Waals surface area contributed by atoms with E-state index in [-0.39, 0.29) is 0 Å². The Hall–Kier alpha value is -1.83. The van der Waals surface area contributed by atoms with Crippen LogP contribution in [0, 0.1) is 29.1 Å². The molecule has 0 spiro atoms. The summed E-state index contributed by atoms with van der Waals surface area (Å²) in [7, 11) is 0. The van der Waals surface area contributed by atoms with Crippen molar-refractivity contribution in [2.45, 2.75) is 6.18 Å². The summed E-state index contributed by atoms with van der Waals surface area (Å²) >= 11 is 5.49. The molecule has 2 aromatic carbocycles. The molecule has 0 aliphatic rings. The summed E-state index contributed by atoms with van der Waals surface area (Å²) in [5.74, 6) is -12.0. The Morgan fingerprint density at radius 1 is 0.682 bits per heavy atom. The molecule has 9 heteroatoms. The van der Waals surface area contributed by atoms with E-state index in [0.29, 0.717) is 6.07 Å². The number of rotatable bonds is 1. The van der Waals surface area contributed by atoms with E-state index in [1.807, 2.05) is 0 Å². The molecule has 22 heavy (non-hydrogen) atoms. The largest absolute Gasteiger partial charge is 0.417 e. The predicted octanol–water partition coefficient (Wildman–Crippen LogP) is 5.72. The summed E-state index contributed by atoms with van der Waals surface area (Å²) in [6, 6.07) is 2.09. The SMILES string of the molecule is Fc1c(F)c(F)c(-c2c(Cl)cccc2C(F)(F)F)c(F)c1F. The molecule has 2 rings (SSSR count). The van der Waals surface area contributed by atoms with E-state index in [1.165, 1.54) is 0 Å². The van der Waals surface area contributed by atoms with Crippen LogP contribution in [-0.2, 0) is 6.18 Å². The van der Waals surface area contributed by atoms with Gasteiger partial charge in [0.05, 0.1) is 11.1 Å². The zero-order chi connectivity index (χ0) is 16.8. The van der Waals surface area contributed by atoms with Gasteiger partial charge in [0.1, 0.15) is 0 Å². The van der Waals surface area contributed by atoms with Crippen molar-refractivity contribution >= 4 is 11.6 Å². The maximum Gasteiger partial charge on any atom is 0.417 e. The normalized spacial score (nSPS) is 11.9. The van der Waals surface area contributed by atoms with Gasteiger partial charge in [0.25, 0.3) is 0 Å². The Balaban J connectivity index is 2.96. The zero-order valence-corrected chi connectivity index (χ0v) is 10.9. The second kappa shape index (κ2) is 5.42. The van der Waals surface area contributed by atoms with E-state index >= 15 is 0 Å². The fraction of sp³-hybridized carbons (Fsp3) is 0.0769. The zero-order valence-electron chi connectivity index (χ0n) is 10.1. The minimum absolute atomic E-state index is 0.416. The van der Waals surface area contributed by atoms with Gasteiger partial charge in [-0.25, -0.2) is 22.0 Å². The van der Waals surface area contributed by atoms with E-state index in [1.54, 1.807) is 0 Å². The minimum atomic E-state index is -5.11. The molecule has 0 aliphatic heterocycles. The Bertz CT molecular complexity index is 722. The molecule has 0 unspecified atom stereocenters. The van der Waals surface area contributed by atoms with Gasteiger partial charge < -0.3 is 0 Å².